The lowest BCUT2D eigenvalue weighted by atomic mass is 9.93. The van der Waals surface area contributed by atoms with Gasteiger partial charge in [0, 0.05) is 5.02 Å². The fraction of sp³-hybridized carbons (Fsp3) is 0.241. The number of urea groups is 1. The number of benzene rings is 3. The molecule has 0 saturated carbocycles. The molecule has 1 atom stereocenters. The molecule has 3 N–H and O–H groups in total. The van der Waals surface area contributed by atoms with Gasteiger partial charge in [0.05, 0.1) is 16.9 Å². The molecule has 0 bridgehead atoms. The van der Waals surface area contributed by atoms with E-state index in [0.717, 1.165) is 5.56 Å². The van der Waals surface area contributed by atoms with Gasteiger partial charge in [0.25, 0.3) is 10.0 Å². The smallest absolute Gasteiger partial charge is 0.340 e. The standard InChI is InChI=1S/C29H28ClN3O8S/c1-29(2,3)41-27(36)21-14-18-10-7-11-23(24(18)32-25(21)34)42(38,39)33-28(37)31-22-15-19(30)12-13-20(22)26(35)40-16-17-8-5-4-6-9-17/h4-13,15,21H,14,16H2,1-3H3,(H,32,34)(H2,31,33,37). The molecule has 1 heterocycles. The molecule has 11 nitrogen and oxygen atoms in total. The molecule has 0 aromatic heterocycles. The highest BCUT2D eigenvalue weighted by Gasteiger charge is 2.37. The van der Waals surface area contributed by atoms with Crippen LogP contribution >= 0.6 is 11.6 Å². The highest BCUT2D eigenvalue weighted by Crippen LogP contribution is 2.33. The number of sulfonamides is 1. The summed E-state index contributed by atoms with van der Waals surface area (Å²) in [6.45, 7) is 4.98. The number of ether oxygens (including phenoxy) is 2. The first-order valence-corrected chi connectivity index (χ1v) is 14.6. The lowest BCUT2D eigenvalue weighted by Crippen LogP contribution is -2.40. The van der Waals surface area contributed by atoms with Crippen LogP contribution in [0, 0.1) is 5.92 Å². The number of halogens is 1. The minimum atomic E-state index is -4.54. The summed E-state index contributed by atoms with van der Waals surface area (Å²) in [5.41, 5.74) is 0.0930. The molecule has 220 valence electrons. The third-order valence-electron chi connectivity index (χ3n) is 5.97. The van der Waals surface area contributed by atoms with Crippen LogP contribution in [0.1, 0.15) is 42.3 Å². The van der Waals surface area contributed by atoms with Crippen LogP contribution in [-0.2, 0) is 42.1 Å². The van der Waals surface area contributed by atoms with Crippen molar-refractivity contribution in [3.8, 4) is 0 Å². The van der Waals surface area contributed by atoms with E-state index >= 15 is 0 Å². The van der Waals surface area contributed by atoms with E-state index in [1.807, 2.05) is 10.8 Å². The maximum Gasteiger partial charge on any atom is 0.340 e. The Morgan fingerprint density at radius 1 is 1.02 bits per heavy atom. The van der Waals surface area contributed by atoms with Gasteiger partial charge in [-0.15, -0.1) is 0 Å². The molecule has 3 amide bonds. The number of carbonyl (C=O) groups is 4. The van der Waals surface area contributed by atoms with Crippen LogP contribution in [0.2, 0.25) is 5.02 Å². The molecular formula is C29H28ClN3O8S. The predicted molar refractivity (Wildman–Crippen MR) is 154 cm³/mol. The van der Waals surface area contributed by atoms with Crippen molar-refractivity contribution in [1.29, 1.82) is 0 Å². The van der Waals surface area contributed by atoms with Gasteiger partial charge in [-0.25, -0.2) is 22.7 Å². The first-order chi connectivity index (χ1) is 19.7. The number of amides is 3. The van der Waals surface area contributed by atoms with Crippen LogP contribution in [0.5, 0.6) is 0 Å². The summed E-state index contributed by atoms with van der Waals surface area (Å²) in [6.07, 6.45) is -0.0946. The minimum absolute atomic E-state index is 0.0259. The fourth-order valence-electron chi connectivity index (χ4n) is 4.12. The first-order valence-electron chi connectivity index (χ1n) is 12.7. The zero-order chi connectivity index (χ0) is 30.7. The van der Waals surface area contributed by atoms with Crippen LogP contribution in [-0.4, -0.2) is 37.9 Å². The van der Waals surface area contributed by atoms with Gasteiger partial charge in [-0.2, -0.15) is 0 Å². The molecule has 0 fully saturated rings. The Morgan fingerprint density at radius 2 is 1.74 bits per heavy atom. The maximum atomic E-state index is 13.2. The highest BCUT2D eigenvalue weighted by molar-refractivity contribution is 7.90. The van der Waals surface area contributed by atoms with E-state index in [1.54, 1.807) is 51.1 Å². The van der Waals surface area contributed by atoms with Gasteiger partial charge < -0.3 is 20.1 Å². The molecule has 3 aromatic rings. The van der Waals surface area contributed by atoms with Gasteiger partial charge >= 0.3 is 18.0 Å². The van der Waals surface area contributed by atoms with Crippen molar-refractivity contribution >= 4 is 56.9 Å². The molecule has 0 aliphatic carbocycles. The van der Waals surface area contributed by atoms with Crippen molar-refractivity contribution in [3.05, 3.63) is 88.4 Å². The zero-order valence-electron chi connectivity index (χ0n) is 22.9. The number of fused-ring (bicyclic) bond motifs is 1. The van der Waals surface area contributed by atoms with Crippen molar-refractivity contribution in [1.82, 2.24) is 4.72 Å². The maximum absolute atomic E-state index is 13.2. The van der Waals surface area contributed by atoms with Gasteiger partial charge in [0.1, 0.15) is 23.0 Å². The lowest BCUT2D eigenvalue weighted by Gasteiger charge is -2.28. The molecule has 0 saturated heterocycles. The molecule has 1 unspecified atom stereocenters. The number of anilines is 2. The van der Waals surface area contributed by atoms with Crippen molar-refractivity contribution in [3.63, 3.8) is 0 Å². The molecule has 3 aromatic carbocycles. The summed E-state index contributed by atoms with van der Waals surface area (Å²) in [5, 5.41) is 4.96. The van der Waals surface area contributed by atoms with E-state index in [2.05, 4.69) is 10.6 Å². The summed E-state index contributed by atoms with van der Waals surface area (Å²) in [6, 6.07) is 16.0. The Labute approximate surface area is 247 Å². The summed E-state index contributed by atoms with van der Waals surface area (Å²) >= 11 is 6.05. The molecule has 13 heteroatoms. The van der Waals surface area contributed by atoms with E-state index in [1.165, 1.54) is 30.3 Å². The SMILES string of the molecule is CC(C)(C)OC(=O)C1Cc2cccc(S(=O)(=O)NC(=O)Nc3cc(Cl)ccc3C(=O)OCc3ccccc3)c2NC1=O. The van der Waals surface area contributed by atoms with Gasteiger partial charge in [-0.05, 0) is 62.6 Å². The Bertz CT molecular complexity index is 1650. The molecule has 4 rings (SSSR count). The topological polar surface area (TPSA) is 157 Å². The van der Waals surface area contributed by atoms with Crippen molar-refractivity contribution in [2.24, 2.45) is 5.92 Å². The Balaban J connectivity index is 1.50. The monoisotopic (exact) mass is 613 g/mol. The average Bonchev–Trinajstić information content (AvgIpc) is 2.90. The van der Waals surface area contributed by atoms with E-state index in [-0.39, 0.29) is 39.9 Å². The van der Waals surface area contributed by atoms with Crippen LogP contribution in [0.4, 0.5) is 16.2 Å². The van der Waals surface area contributed by atoms with Crippen LogP contribution in [0.3, 0.4) is 0 Å². The molecule has 1 aliphatic heterocycles. The number of hydrogen-bond donors (Lipinski definition) is 3. The van der Waals surface area contributed by atoms with Gasteiger partial charge in [-0.3, -0.25) is 9.59 Å². The first kappa shape index (κ1) is 30.5. The number of hydrogen-bond acceptors (Lipinski definition) is 8. The quantitative estimate of drug-likeness (QED) is 0.256. The van der Waals surface area contributed by atoms with Crippen LogP contribution < -0.4 is 15.4 Å². The van der Waals surface area contributed by atoms with E-state index in [4.69, 9.17) is 21.1 Å². The van der Waals surface area contributed by atoms with E-state index in [9.17, 15) is 27.6 Å². The Kier molecular flexibility index (Phi) is 8.88. The predicted octanol–water partition coefficient (Wildman–Crippen LogP) is 4.66. The number of esters is 2. The number of carbonyl (C=O) groups excluding carboxylic acids is 4. The van der Waals surface area contributed by atoms with Crippen molar-refractivity contribution in [2.45, 2.75) is 44.3 Å². The minimum Gasteiger partial charge on any atom is -0.459 e. The number of para-hydroxylation sites is 1. The van der Waals surface area contributed by atoms with E-state index < -0.39 is 45.4 Å². The number of nitrogens with one attached hydrogen (secondary N) is 3. The second-order valence-electron chi connectivity index (χ2n) is 10.4. The second kappa shape index (κ2) is 12.2. The Morgan fingerprint density at radius 3 is 2.43 bits per heavy atom. The zero-order valence-corrected chi connectivity index (χ0v) is 24.5. The molecule has 1 aliphatic rings. The second-order valence-corrected chi connectivity index (χ2v) is 12.5. The van der Waals surface area contributed by atoms with Crippen molar-refractivity contribution in [2.75, 3.05) is 10.6 Å². The van der Waals surface area contributed by atoms with Crippen molar-refractivity contribution < 1.29 is 37.1 Å². The lowest BCUT2D eigenvalue weighted by molar-refractivity contribution is -0.161. The average molecular weight is 614 g/mol. The summed E-state index contributed by atoms with van der Waals surface area (Å²) in [5.74, 6) is -3.42. The molecule has 0 spiro atoms. The molecule has 42 heavy (non-hydrogen) atoms. The number of rotatable bonds is 7. The van der Waals surface area contributed by atoms with Gasteiger partial charge in [-0.1, -0.05) is 54.1 Å². The fourth-order valence-corrected chi connectivity index (χ4v) is 5.41. The largest absolute Gasteiger partial charge is 0.459 e. The summed E-state index contributed by atoms with van der Waals surface area (Å²) in [4.78, 5) is 50.5. The van der Waals surface area contributed by atoms with Gasteiger partial charge in [0.2, 0.25) is 5.91 Å². The highest BCUT2D eigenvalue weighted by atomic mass is 35.5. The summed E-state index contributed by atoms with van der Waals surface area (Å²) < 4.78 is 39.0. The third-order valence-corrected chi connectivity index (χ3v) is 7.58. The molecular weight excluding hydrogens is 586 g/mol. The van der Waals surface area contributed by atoms with E-state index in [0.29, 0.717) is 5.56 Å². The van der Waals surface area contributed by atoms with Crippen LogP contribution in [0.25, 0.3) is 0 Å². The Hall–Kier alpha value is -4.42. The van der Waals surface area contributed by atoms with Gasteiger partial charge in [0.15, 0.2) is 0 Å². The normalized spacial score (nSPS) is 14.7. The van der Waals surface area contributed by atoms with Crippen LogP contribution in [0.15, 0.2) is 71.6 Å². The summed E-state index contributed by atoms with van der Waals surface area (Å²) in [7, 11) is -4.54. The third kappa shape index (κ3) is 7.45. The molecule has 0 radical (unpaired) electrons.